The maximum atomic E-state index is 6.33. The average molecular weight is 309 g/mol. The van der Waals surface area contributed by atoms with Gasteiger partial charge in [0.25, 0.3) is 0 Å². The van der Waals surface area contributed by atoms with Crippen molar-refractivity contribution in [3.05, 3.63) is 71.8 Å². The van der Waals surface area contributed by atoms with Crippen LogP contribution in [-0.2, 0) is 12.8 Å². The molecule has 2 radical (unpaired) electrons. The van der Waals surface area contributed by atoms with Crippen LogP contribution in [0.4, 0.5) is 0 Å². The summed E-state index contributed by atoms with van der Waals surface area (Å²) in [4.78, 5) is 0. The third-order valence-electron chi connectivity index (χ3n) is 4.11. The zero-order valence-electron chi connectivity index (χ0n) is 13.5. The summed E-state index contributed by atoms with van der Waals surface area (Å²) in [7, 11) is 5.74. The lowest BCUT2D eigenvalue weighted by Crippen LogP contribution is -1.94. The van der Waals surface area contributed by atoms with Gasteiger partial charge in [-0.1, -0.05) is 68.5 Å². The smallest absolute Gasteiger partial charge is 0.0622 e. The van der Waals surface area contributed by atoms with E-state index in [1.165, 1.54) is 62.0 Å². The Balaban J connectivity index is 1.48. The van der Waals surface area contributed by atoms with Gasteiger partial charge in [0.2, 0.25) is 0 Å². The Morgan fingerprint density at radius 2 is 1.00 bits per heavy atom. The first kappa shape index (κ1) is 17.3. The molecule has 0 aliphatic rings. The Hall–Kier alpha value is -1.07. The van der Waals surface area contributed by atoms with Gasteiger partial charge in [-0.3, -0.25) is 0 Å². The van der Waals surface area contributed by atoms with Crippen molar-refractivity contribution >= 4 is 15.4 Å². The second kappa shape index (κ2) is 10.6. The maximum Gasteiger partial charge on any atom is 0.362 e. The van der Waals surface area contributed by atoms with E-state index in [-0.39, 0.29) is 0 Å². The van der Waals surface area contributed by atoms with Crippen molar-refractivity contribution in [2.75, 3.05) is 12.3 Å². The van der Waals surface area contributed by atoms with Crippen molar-refractivity contribution in [2.45, 2.75) is 38.5 Å². The topological polar surface area (TPSA) is 0 Å². The van der Waals surface area contributed by atoms with E-state index in [9.17, 15) is 0 Å². The lowest BCUT2D eigenvalue weighted by atomic mass is 10.1. The fourth-order valence-electron chi connectivity index (χ4n) is 2.78. The molecule has 0 nitrogen and oxygen atoms in total. The highest BCUT2D eigenvalue weighted by molar-refractivity contribution is 7.82. The van der Waals surface area contributed by atoms with Gasteiger partial charge in [0.15, 0.2) is 0 Å². The van der Waals surface area contributed by atoms with Gasteiger partial charge >= 0.3 is 7.57 Å². The lowest BCUT2D eigenvalue weighted by Gasteiger charge is -2.06. The molecule has 2 aromatic rings. The first-order valence-electron chi connectivity index (χ1n) is 8.52. The number of rotatable bonds is 10. The van der Waals surface area contributed by atoms with Crippen LogP contribution in [0, 0.1) is 0 Å². The molecule has 0 aromatic heterocycles. The van der Waals surface area contributed by atoms with Gasteiger partial charge in [0.05, 0.1) is 0 Å². The van der Waals surface area contributed by atoms with Gasteiger partial charge in [-0.2, -0.15) is 0 Å². The quantitative estimate of drug-likeness (QED) is 0.316. The van der Waals surface area contributed by atoms with E-state index in [1.807, 2.05) is 0 Å². The summed E-state index contributed by atoms with van der Waals surface area (Å²) in [5.74, 6) is 0. The maximum absolute atomic E-state index is 6.33. The minimum Gasteiger partial charge on any atom is -0.0622 e. The molecule has 0 saturated carbocycles. The Kier molecular flexibility index (Phi) is 8.35. The summed E-state index contributed by atoms with van der Waals surface area (Å²) in [6.45, 7) is 0. The van der Waals surface area contributed by atoms with E-state index in [2.05, 4.69) is 60.7 Å². The number of benzene rings is 2. The SMILES string of the molecule is [B][PH+](CCCCc1ccccc1)CCCCc1ccccc1. The highest BCUT2D eigenvalue weighted by Crippen LogP contribution is 2.32. The van der Waals surface area contributed by atoms with Crippen LogP contribution in [0.1, 0.15) is 36.8 Å². The lowest BCUT2D eigenvalue weighted by molar-refractivity contribution is 0.787. The number of hydrogen-bond donors (Lipinski definition) is 0. The molecule has 114 valence electrons. The normalized spacial score (nSPS) is 11.0. The number of aryl methyl sites for hydroxylation is 2. The predicted molar refractivity (Wildman–Crippen MR) is 103 cm³/mol. The highest BCUT2D eigenvalue weighted by atomic mass is 31.1. The van der Waals surface area contributed by atoms with Crippen LogP contribution in [-0.4, -0.2) is 19.9 Å². The van der Waals surface area contributed by atoms with Crippen molar-refractivity contribution < 1.29 is 0 Å². The molecule has 22 heavy (non-hydrogen) atoms. The fraction of sp³-hybridized carbons (Fsp3) is 0.400. The predicted octanol–water partition coefficient (Wildman–Crippen LogP) is 5.33. The highest BCUT2D eigenvalue weighted by Gasteiger charge is 2.08. The molecule has 0 unspecified atom stereocenters. The van der Waals surface area contributed by atoms with E-state index in [0.717, 1.165) is 0 Å². The van der Waals surface area contributed by atoms with E-state index >= 15 is 0 Å². The van der Waals surface area contributed by atoms with E-state index in [4.69, 9.17) is 7.57 Å². The molecule has 0 spiro atoms. The molecule has 2 aromatic carbocycles. The van der Waals surface area contributed by atoms with Gasteiger partial charge in [0, 0.05) is 12.3 Å². The largest absolute Gasteiger partial charge is 0.362 e. The van der Waals surface area contributed by atoms with Gasteiger partial charge in [-0.05, 0) is 49.7 Å². The molecule has 0 N–H and O–H groups in total. The van der Waals surface area contributed by atoms with Gasteiger partial charge < -0.3 is 0 Å². The molecule has 2 heteroatoms. The summed E-state index contributed by atoms with van der Waals surface area (Å²) in [6, 6.07) is 21.5. The summed E-state index contributed by atoms with van der Waals surface area (Å²) >= 11 is 0. The van der Waals surface area contributed by atoms with Crippen LogP contribution in [0.5, 0.6) is 0 Å². The van der Waals surface area contributed by atoms with E-state index in [1.54, 1.807) is 0 Å². The molecule has 0 fully saturated rings. The molecule has 2 rings (SSSR count). The van der Waals surface area contributed by atoms with E-state index < -0.39 is 7.80 Å². The second-order valence-corrected chi connectivity index (χ2v) is 8.36. The van der Waals surface area contributed by atoms with Crippen molar-refractivity contribution in [1.29, 1.82) is 0 Å². The molecular weight excluding hydrogens is 282 g/mol. The zero-order chi connectivity index (χ0) is 15.5. The van der Waals surface area contributed by atoms with E-state index in [0.29, 0.717) is 0 Å². The van der Waals surface area contributed by atoms with Crippen LogP contribution in [0.25, 0.3) is 0 Å². The minimum atomic E-state index is -0.597. The number of hydrogen-bond acceptors (Lipinski definition) is 0. The third kappa shape index (κ3) is 7.27. The third-order valence-corrected chi connectivity index (χ3v) is 6.10. The first-order chi connectivity index (χ1) is 10.8. The molecule has 0 saturated heterocycles. The first-order valence-corrected chi connectivity index (χ1v) is 10.5. The molecule has 0 aliphatic carbocycles. The van der Waals surface area contributed by atoms with Crippen molar-refractivity contribution in [1.82, 2.24) is 0 Å². The number of unbranched alkanes of at least 4 members (excludes halogenated alkanes) is 2. The summed E-state index contributed by atoms with van der Waals surface area (Å²) < 4.78 is 0. The van der Waals surface area contributed by atoms with Crippen LogP contribution in [0.15, 0.2) is 60.7 Å². The second-order valence-electron chi connectivity index (χ2n) is 6.04. The van der Waals surface area contributed by atoms with Crippen molar-refractivity contribution in [2.24, 2.45) is 0 Å². The minimum absolute atomic E-state index is 0.597. The average Bonchev–Trinajstić information content (AvgIpc) is 2.57. The standard InChI is InChI=1S/C20H27BP/c21-22(17-9-7-15-19-11-3-1-4-12-19)18-10-8-16-20-13-5-2-6-14-20/h1-6,11-14,22H,7-10,15-18H2/q+1. The summed E-state index contributed by atoms with van der Waals surface area (Å²) in [5, 5.41) is 0. The molecule has 0 atom stereocenters. The Morgan fingerprint density at radius 1 is 0.591 bits per heavy atom. The molecule has 0 heterocycles. The van der Waals surface area contributed by atoms with Crippen LogP contribution < -0.4 is 0 Å². The van der Waals surface area contributed by atoms with Crippen molar-refractivity contribution in [3.63, 3.8) is 0 Å². The van der Waals surface area contributed by atoms with Gasteiger partial charge in [-0.25, -0.2) is 0 Å². The van der Waals surface area contributed by atoms with Crippen molar-refractivity contribution in [3.8, 4) is 0 Å². The summed E-state index contributed by atoms with van der Waals surface area (Å²) in [5.41, 5.74) is 2.91. The van der Waals surface area contributed by atoms with Crippen LogP contribution in [0.2, 0.25) is 0 Å². The van der Waals surface area contributed by atoms with Gasteiger partial charge in [0.1, 0.15) is 0 Å². The van der Waals surface area contributed by atoms with Gasteiger partial charge in [-0.15, -0.1) is 0 Å². The zero-order valence-corrected chi connectivity index (χ0v) is 14.5. The monoisotopic (exact) mass is 309 g/mol. The summed E-state index contributed by atoms with van der Waals surface area (Å²) in [6.07, 6.45) is 10.1. The van der Waals surface area contributed by atoms with Crippen LogP contribution >= 0.6 is 7.80 Å². The molecular formula is C20H27BP+. The molecule has 0 aliphatic heterocycles. The molecule has 0 bridgehead atoms. The Labute approximate surface area is 138 Å². The van der Waals surface area contributed by atoms with Crippen LogP contribution in [0.3, 0.4) is 0 Å². The molecule has 0 amide bonds. The Morgan fingerprint density at radius 3 is 1.41 bits per heavy atom. The Bertz CT molecular complexity index is 450. The fourth-order valence-corrected chi connectivity index (χ4v) is 4.43.